The van der Waals surface area contributed by atoms with Crippen LogP contribution in [-0.2, 0) is 14.3 Å². The van der Waals surface area contributed by atoms with Crippen LogP contribution in [0, 0.1) is 0 Å². The third-order valence-electron chi connectivity index (χ3n) is 2.11. The van der Waals surface area contributed by atoms with E-state index in [1.54, 1.807) is 7.11 Å². The van der Waals surface area contributed by atoms with E-state index in [-0.39, 0.29) is 18.1 Å². The highest BCUT2D eigenvalue weighted by atomic mass is 16.5. The van der Waals surface area contributed by atoms with Crippen molar-refractivity contribution in [1.29, 1.82) is 0 Å². The maximum absolute atomic E-state index is 11.0. The molecule has 0 unspecified atom stereocenters. The van der Waals surface area contributed by atoms with Crippen molar-refractivity contribution in [3.63, 3.8) is 0 Å². The Morgan fingerprint density at radius 3 is 3.15 bits per heavy atom. The van der Waals surface area contributed by atoms with Crippen LogP contribution in [0.2, 0.25) is 0 Å². The molecule has 1 N–H and O–H groups in total. The second-order valence-corrected chi connectivity index (χ2v) is 2.96. The second kappa shape index (κ2) is 4.99. The fourth-order valence-electron chi connectivity index (χ4n) is 1.38. The lowest BCUT2D eigenvalue weighted by molar-refractivity contribution is -0.120. The zero-order chi connectivity index (χ0) is 9.68. The van der Waals surface area contributed by atoms with Crippen LogP contribution in [0.3, 0.4) is 0 Å². The van der Waals surface area contributed by atoms with Gasteiger partial charge in [-0.15, -0.1) is 0 Å². The molecule has 0 saturated carbocycles. The van der Waals surface area contributed by atoms with Gasteiger partial charge in [-0.25, -0.2) is 0 Å². The van der Waals surface area contributed by atoms with Gasteiger partial charge in [-0.05, 0) is 12.5 Å². The van der Waals surface area contributed by atoms with Gasteiger partial charge in [0.2, 0.25) is 5.91 Å². The Labute approximate surface area is 77.9 Å². The predicted octanol–water partition coefficient (Wildman–Crippen LogP) is 0.0925. The number of hydrogen-bond donors (Lipinski definition) is 1. The predicted molar refractivity (Wildman–Crippen MR) is 48.4 cm³/mol. The van der Waals surface area contributed by atoms with Crippen molar-refractivity contribution in [3.8, 4) is 0 Å². The average molecular weight is 185 g/mol. The van der Waals surface area contributed by atoms with E-state index in [0.717, 1.165) is 6.42 Å². The van der Waals surface area contributed by atoms with Crippen LogP contribution in [0.25, 0.3) is 0 Å². The molecule has 0 spiro atoms. The van der Waals surface area contributed by atoms with Crippen molar-refractivity contribution < 1.29 is 14.3 Å². The van der Waals surface area contributed by atoms with E-state index in [4.69, 9.17) is 9.47 Å². The van der Waals surface area contributed by atoms with Gasteiger partial charge in [-0.3, -0.25) is 4.79 Å². The zero-order valence-corrected chi connectivity index (χ0v) is 7.79. The first kappa shape index (κ1) is 10.2. The Balaban J connectivity index is 2.44. The summed E-state index contributed by atoms with van der Waals surface area (Å²) in [5.74, 6) is -0.183. The molecular weight excluding hydrogens is 170 g/mol. The molecule has 1 heterocycles. The average Bonchev–Trinajstić information content (AvgIpc) is 2.18. The van der Waals surface area contributed by atoms with Gasteiger partial charge in [0.05, 0.1) is 18.8 Å². The normalized spacial score (nSPS) is 28.1. The van der Waals surface area contributed by atoms with E-state index >= 15 is 0 Å². The van der Waals surface area contributed by atoms with Crippen molar-refractivity contribution in [2.45, 2.75) is 18.6 Å². The third kappa shape index (κ3) is 2.82. The molecule has 4 nitrogen and oxygen atoms in total. The molecular formula is C9H15NO3. The van der Waals surface area contributed by atoms with E-state index < -0.39 is 0 Å². The SMILES string of the molecule is C=CC(=O)N[C@@H]1COCC[C@H]1OC. The van der Waals surface area contributed by atoms with Crippen LogP contribution in [0.15, 0.2) is 12.7 Å². The van der Waals surface area contributed by atoms with Crippen LogP contribution in [0.4, 0.5) is 0 Å². The topological polar surface area (TPSA) is 47.6 Å². The Kier molecular flexibility index (Phi) is 3.92. The Hall–Kier alpha value is -0.870. The lowest BCUT2D eigenvalue weighted by atomic mass is 10.1. The van der Waals surface area contributed by atoms with Gasteiger partial charge in [-0.1, -0.05) is 6.58 Å². The molecule has 4 heteroatoms. The molecule has 1 amide bonds. The third-order valence-corrected chi connectivity index (χ3v) is 2.11. The first-order chi connectivity index (χ1) is 6.27. The maximum atomic E-state index is 11.0. The lowest BCUT2D eigenvalue weighted by Crippen LogP contribution is -2.49. The Morgan fingerprint density at radius 2 is 2.54 bits per heavy atom. The van der Waals surface area contributed by atoms with Crippen molar-refractivity contribution in [2.24, 2.45) is 0 Å². The molecule has 0 bridgehead atoms. The number of nitrogens with one attached hydrogen (secondary N) is 1. The first-order valence-corrected chi connectivity index (χ1v) is 4.31. The highest BCUT2D eigenvalue weighted by molar-refractivity contribution is 5.87. The summed E-state index contributed by atoms with van der Waals surface area (Å²) < 4.78 is 10.5. The number of rotatable bonds is 3. The molecule has 0 aromatic carbocycles. The minimum absolute atomic E-state index is 0.0516. The minimum Gasteiger partial charge on any atom is -0.379 e. The molecule has 0 radical (unpaired) electrons. The summed E-state index contributed by atoms with van der Waals surface area (Å²) >= 11 is 0. The van der Waals surface area contributed by atoms with Crippen molar-refractivity contribution >= 4 is 5.91 Å². The Morgan fingerprint density at radius 1 is 1.77 bits per heavy atom. The quantitative estimate of drug-likeness (QED) is 0.634. The van der Waals surface area contributed by atoms with Crippen LogP contribution >= 0.6 is 0 Å². The monoisotopic (exact) mass is 185 g/mol. The molecule has 1 saturated heterocycles. The summed E-state index contributed by atoms with van der Waals surface area (Å²) in [6.45, 7) is 4.59. The first-order valence-electron chi connectivity index (χ1n) is 4.31. The standard InChI is InChI=1S/C9H15NO3/c1-3-9(11)10-7-6-13-5-4-8(7)12-2/h3,7-8H,1,4-6H2,2H3,(H,10,11)/t7-,8-/m1/s1. The summed E-state index contributed by atoms with van der Waals surface area (Å²) in [4.78, 5) is 11.0. The molecule has 0 aromatic rings. The smallest absolute Gasteiger partial charge is 0.243 e. The molecule has 0 aliphatic carbocycles. The van der Waals surface area contributed by atoms with Crippen LogP contribution in [-0.4, -0.2) is 38.4 Å². The van der Waals surface area contributed by atoms with E-state index in [1.807, 2.05) is 0 Å². The molecule has 1 fully saturated rings. The highest BCUT2D eigenvalue weighted by Gasteiger charge is 2.26. The van der Waals surface area contributed by atoms with Gasteiger partial charge in [-0.2, -0.15) is 0 Å². The second-order valence-electron chi connectivity index (χ2n) is 2.96. The fourth-order valence-corrected chi connectivity index (χ4v) is 1.38. The van der Waals surface area contributed by atoms with Gasteiger partial charge < -0.3 is 14.8 Å². The van der Waals surface area contributed by atoms with Crippen molar-refractivity contribution in [3.05, 3.63) is 12.7 Å². The van der Waals surface area contributed by atoms with E-state index in [9.17, 15) is 4.79 Å². The van der Waals surface area contributed by atoms with Gasteiger partial charge in [0.15, 0.2) is 0 Å². The van der Waals surface area contributed by atoms with Crippen LogP contribution in [0.5, 0.6) is 0 Å². The van der Waals surface area contributed by atoms with Gasteiger partial charge in [0, 0.05) is 13.7 Å². The van der Waals surface area contributed by atoms with Crippen LogP contribution in [0.1, 0.15) is 6.42 Å². The largest absolute Gasteiger partial charge is 0.379 e. The molecule has 13 heavy (non-hydrogen) atoms. The molecule has 1 aliphatic heterocycles. The van der Waals surface area contributed by atoms with Crippen LogP contribution < -0.4 is 5.32 Å². The summed E-state index contributed by atoms with van der Waals surface area (Å²) in [5, 5.41) is 2.76. The lowest BCUT2D eigenvalue weighted by Gasteiger charge is -2.30. The van der Waals surface area contributed by atoms with Crippen molar-refractivity contribution in [2.75, 3.05) is 20.3 Å². The number of carbonyl (C=O) groups is 1. The minimum atomic E-state index is -0.183. The van der Waals surface area contributed by atoms with Gasteiger partial charge in [0.1, 0.15) is 0 Å². The summed E-state index contributed by atoms with van der Waals surface area (Å²) in [6, 6.07) is -0.0516. The summed E-state index contributed by atoms with van der Waals surface area (Å²) in [5.41, 5.74) is 0. The van der Waals surface area contributed by atoms with Gasteiger partial charge in [0.25, 0.3) is 0 Å². The maximum Gasteiger partial charge on any atom is 0.243 e. The van der Waals surface area contributed by atoms with E-state index in [2.05, 4.69) is 11.9 Å². The summed E-state index contributed by atoms with van der Waals surface area (Å²) in [6.07, 6.45) is 2.12. The number of amides is 1. The Bertz CT molecular complexity index is 193. The van der Waals surface area contributed by atoms with E-state index in [1.165, 1.54) is 6.08 Å². The molecule has 2 atom stereocenters. The molecule has 1 aliphatic rings. The highest BCUT2D eigenvalue weighted by Crippen LogP contribution is 2.10. The summed E-state index contributed by atoms with van der Waals surface area (Å²) in [7, 11) is 1.64. The number of carbonyl (C=O) groups excluding carboxylic acids is 1. The number of ether oxygens (including phenoxy) is 2. The van der Waals surface area contributed by atoms with Crippen molar-refractivity contribution in [1.82, 2.24) is 5.32 Å². The zero-order valence-electron chi connectivity index (χ0n) is 7.79. The molecule has 1 rings (SSSR count). The van der Waals surface area contributed by atoms with E-state index in [0.29, 0.717) is 13.2 Å². The van der Waals surface area contributed by atoms with Gasteiger partial charge >= 0.3 is 0 Å². The molecule has 0 aromatic heterocycles. The number of methoxy groups -OCH3 is 1. The molecule has 74 valence electrons. The fraction of sp³-hybridized carbons (Fsp3) is 0.667. The number of hydrogen-bond acceptors (Lipinski definition) is 3.